The second-order valence-electron chi connectivity index (χ2n) is 8.51. The van der Waals surface area contributed by atoms with E-state index in [4.69, 9.17) is 33.5 Å². The number of anilines is 3. The summed E-state index contributed by atoms with van der Waals surface area (Å²) in [7, 11) is 1.70. The van der Waals surface area contributed by atoms with Crippen molar-refractivity contribution in [3.8, 4) is 5.75 Å². The molecule has 0 bridgehead atoms. The largest absolute Gasteiger partial charge is 0.497 e. The molecular weight excluding hydrogens is 458 g/mol. The van der Waals surface area contributed by atoms with Gasteiger partial charge < -0.3 is 26.8 Å². The molecule has 8 nitrogen and oxygen atoms in total. The molecular formula is C23H26ClN7OS. The summed E-state index contributed by atoms with van der Waals surface area (Å²) in [5.74, 6) is 2.28. The van der Waals surface area contributed by atoms with E-state index in [9.17, 15) is 0 Å². The molecule has 1 aliphatic heterocycles. The van der Waals surface area contributed by atoms with E-state index in [0.29, 0.717) is 15.9 Å². The number of nitrogens with zero attached hydrogens (tertiary/aromatic N) is 4. The van der Waals surface area contributed by atoms with Gasteiger partial charge in [0.05, 0.1) is 18.3 Å². The van der Waals surface area contributed by atoms with Crippen LogP contribution in [-0.4, -0.2) is 41.2 Å². The van der Waals surface area contributed by atoms with Gasteiger partial charge in [-0.25, -0.2) is 15.0 Å². The van der Waals surface area contributed by atoms with E-state index in [1.54, 1.807) is 25.6 Å². The second kappa shape index (κ2) is 8.55. The van der Waals surface area contributed by atoms with E-state index < -0.39 is 0 Å². The van der Waals surface area contributed by atoms with Crippen LogP contribution in [0, 0.1) is 0 Å². The summed E-state index contributed by atoms with van der Waals surface area (Å²) in [6.07, 6.45) is 6.16. The molecule has 1 aromatic carbocycles. The van der Waals surface area contributed by atoms with Gasteiger partial charge in [0.15, 0.2) is 5.82 Å². The first-order chi connectivity index (χ1) is 15.9. The van der Waals surface area contributed by atoms with E-state index in [0.717, 1.165) is 48.8 Å². The molecule has 0 amide bonds. The summed E-state index contributed by atoms with van der Waals surface area (Å²) < 4.78 is 5.48. The van der Waals surface area contributed by atoms with Gasteiger partial charge in [0.2, 0.25) is 0 Å². The minimum atomic E-state index is -0.0346. The van der Waals surface area contributed by atoms with Gasteiger partial charge >= 0.3 is 0 Å². The lowest BCUT2D eigenvalue weighted by molar-refractivity contribution is 0.291. The number of nitrogen functional groups attached to an aromatic ring is 2. The molecule has 10 heteroatoms. The zero-order valence-corrected chi connectivity index (χ0v) is 19.9. The maximum atomic E-state index is 6.68. The van der Waals surface area contributed by atoms with Crippen molar-refractivity contribution in [3.05, 3.63) is 52.8 Å². The van der Waals surface area contributed by atoms with Crippen molar-refractivity contribution in [2.75, 3.05) is 36.6 Å². The molecule has 1 saturated heterocycles. The van der Waals surface area contributed by atoms with Gasteiger partial charge in [-0.15, -0.1) is 0 Å². The van der Waals surface area contributed by atoms with Gasteiger partial charge in [0, 0.05) is 35.6 Å². The molecule has 1 spiro atoms. The number of ether oxygens (including phenoxy) is 1. The highest BCUT2D eigenvalue weighted by molar-refractivity contribution is 7.99. The molecule has 1 unspecified atom stereocenters. The normalized spacial score (nSPS) is 19.0. The topological polar surface area (TPSA) is 129 Å². The quantitative estimate of drug-likeness (QED) is 0.511. The minimum Gasteiger partial charge on any atom is -0.497 e. The molecule has 2 aliphatic rings. The molecule has 2 aromatic heterocycles. The predicted octanol–water partition coefficient (Wildman–Crippen LogP) is 3.27. The number of pyridine rings is 1. The van der Waals surface area contributed by atoms with Crippen molar-refractivity contribution >= 4 is 40.8 Å². The Bertz CT molecular complexity index is 1200. The smallest absolute Gasteiger partial charge is 0.158 e. The highest BCUT2D eigenvalue weighted by Crippen LogP contribution is 2.47. The number of fused-ring (bicyclic) bond motifs is 2. The van der Waals surface area contributed by atoms with Crippen LogP contribution in [0.15, 0.2) is 46.6 Å². The first-order valence-electron chi connectivity index (χ1n) is 10.8. The van der Waals surface area contributed by atoms with E-state index in [-0.39, 0.29) is 17.3 Å². The Morgan fingerprint density at radius 2 is 1.94 bits per heavy atom. The van der Waals surface area contributed by atoms with E-state index >= 15 is 0 Å². The van der Waals surface area contributed by atoms with Crippen molar-refractivity contribution < 1.29 is 4.74 Å². The lowest BCUT2D eigenvalue weighted by Gasteiger charge is -2.43. The third-order valence-corrected chi connectivity index (χ3v) is 8.40. The summed E-state index contributed by atoms with van der Waals surface area (Å²) in [5, 5.41) is 0.970. The Hall–Kier alpha value is -2.75. The Kier molecular flexibility index (Phi) is 5.72. The first kappa shape index (κ1) is 22.1. The average Bonchev–Trinajstić information content (AvgIpc) is 3.09. The third-order valence-electron chi connectivity index (χ3n) is 6.82. The zero-order valence-electron chi connectivity index (χ0n) is 18.3. The van der Waals surface area contributed by atoms with Crippen LogP contribution < -0.4 is 26.8 Å². The molecule has 0 radical (unpaired) electrons. The van der Waals surface area contributed by atoms with Gasteiger partial charge in [0.1, 0.15) is 22.4 Å². The molecule has 1 atom stereocenters. The number of methoxy groups -OCH3 is 1. The molecule has 3 aromatic rings. The van der Waals surface area contributed by atoms with Crippen LogP contribution in [0.5, 0.6) is 5.75 Å². The van der Waals surface area contributed by atoms with Crippen molar-refractivity contribution in [1.82, 2.24) is 15.0 Å². The molecule has 3 heterocycles. The highest BCUT2D eigenvalue weighted by Gasteiger charge is 2.47. The molecule has 172 valence electrons. The van der Waals surface area contributed by atoms with Crippen LogP contribution in [-0.2, 0) is 11.8 Å². The van der Waals surface area contributed by atoms with Gasteiger partial charge in [-0.05, 0) is 48.6 Å². The third kappa shape index (κ3) is 3.84. The molecule has 6 N–H and O–H groups in total. The average molecular weight is 484 g/mol. The summed E-state index contributed by atoms with van der Waals surface area (Å²) in [6.45, 7) is 1.66. The van der Waals surface area contributed by atoms with E-state index in [1.165, 1.54) is 22.9 Å². The SMILES string of the molecule is COc1ccc2c(c1)C1(CCN(c3cnc(Sc4ccnc(N)c4Cl)c(N)n3)CC1)C(N)C2. The van der Waals surface area contributed by atoms with E-state index in [2.05, 4.69) is 32.0 Å². The predicted molar refractivity (Wildman–Crippen MR) is 132 cm³/mol. The standard InChI is InChI=1S/C23H26ClN7OS/c1-32-14-3-2-13-10-17(25)23(15(13)11-14)5-8-31(9-6-23)18-12-29-22(21(27)30-18)33-16-4-7-28-20(26)19(16)24/h2-4,7,11-12,17H,5-6,8-10,25H2,1H3,(H2,26,28)(H2,27,30). The Morgan fingerprint density at radius 1 is 1.15 bits per heavy atom. The number of hydrogen-bond acceptors (Lipinski definition) is 9. The van der Waals surface area contributed by atoms with Crippen LogP contribution in [0.2, 0.25) is 5.02 Å². The van der Waals surface area contributed by atoms with Gasteiger partial charge in [0.25, 0.3) is 0 Å². The first-order valence-corrected chi connectivity index (χ1v) is 12.0. The van der Waals surface area contributed by atoms with Gasteiger partial charge in [-0.2, -0.15) is 0 Å². The lowest BCUT2D eigenvalue weighted by atomic mass is 9.71. The molecule has 0 saturated carbocycles. The van der Waals surface area contributed by atoms with Crippen LogP contribution in [0.4, 0.5) is 17.5 Å². The maximum Gasteiger partial charge on any atom is 0.158 e. The number of halogens is 1. The molecule has 1 aliphatic carbocycles. The zero-order chi connectivity index (χ0) is 23.2. The van der Waals surface area contributed by atoms with Crippen molar-refractivity contribution in [3.63, 3.8) is 0 Å². The van der Waals surface area contributed by atoms with Crippen molar-refractivity contribution in [2.24, 2.45) is 5.73 Å². The minimum absolute atomic E-state index is 0.0346. The van der Waals surface area contributed by atoms with Crippen LogP contribution in [0.3, 0.4) is 0 Å². The monoisotopic (exact) mass is 483 g/mol. The maximum absolute atomic E-state index is 6.68. The number of hydrogen-bond donors (Lipinski definition) is 3. The molecule has 1 fully saturated rings. The van der Waals surface area contributed by atoms with Crippen LogP contribution in [0.1, 0.15) is 24.0 Å². The number of rotatable bonds is 4. The number of aromatic nitrogens is 3. The number of benzene rings is 1. The lowest BCUT2D eigenvalue weighted by Crippen LogP contribution is -2.50. The van der Waals surface area contributed by atoms with Crippen molar-refractivity contribution in [2.45, 2.75) is 40.6 Å². The summed E-state index contributed by atoms with van der Waals surface area (Å²) in [5.41, 5.74) is 21.4. The fraction of sp³-hybridized carbons (Fsp3) is 0.348. The number of piperidine rings is 1. The summed E-state index contributed by atoms with van der Waals surface area (Å²) >= 11 is 7.58. The second-order valence-corrected chi connectivity index (χ2v) is 9.91. The fourth-order valence-electron chi connectivity index (χ4n) is 4.97. The Morgan fingerprint density at radius 3 is 2.67 bits per heavy atom. The van der Waals surface area contributed by atoms with Crippen molar-refractivity contribution in [1.29, 1.82) is 0 Å². The Labute approximate surface area is 201 Å². The van der Waals surface area contributed by atoms with Crippen LogP contribution >= 0.6 is 23.4 Å². The summed E-state index contributed by atoms with van der Waals surface area (Å²) in [6, 6.07) is 8.22. The van der Waals surface area contributed by atoms with Gasteiger partial charge in [-0.3, -0.25) is 0 Å². The molecule has 33 heavy (non-hydrogen) atoms. The van der Waals surface area contributed by atoms with Gasteiger partial charge in [-0.1, -0.05) is 29.4 Å². The van der Waals surface area contributed by atoms with E-state index in [1.807, 2.05) is 6.07 Å². The van der Waals surface area contributed by atoms with Crippen LogP contribution in [0.25, 0.3) is 0 Å². The highest BCUT2D eigenvalue weighted by atomic mass is 35.5. The summed E-state index contributed by atoms with van der Waals surface area (Å²) in [4.78, 5) is 16.1. The Balaban J connectivity index is 1.33. The molecule has 5 rings (SSSR count). The fourth-order valence-corrected chi connectivity index (χ4v) is 5.98. The number of nitrogens with two attached hydrogens (primary N) is 3.